The van der Waals surface area contributed by atoms with Crippen LogP contribution in [0, 0.1) is 5.92 Å². The zero-order chi connectivity index (χ0) is 17.2. The summed E-state index contributed by atoms with van der Waals surface area (Å²) in [5.41, 5.74) is 0. The summed E-state index contributed by atoms with van der Waals surface area (Å²) in [6.07, 6.45) is 11.1. The van der Waals surface area contributed by atoms with Crippen LogP contribution in [0.15, 0.2) is 0 Å². The maximum atomic E-state index is 12.6. The molecule has 2 heterocycles. The van der Waals surface area contributed by atoms with Gasteiger partial charge in [0.25, 0.3) is 0 Å². The Labute approximate surface area is 152 Å². The van der Waals surface area contributed by atoms with Gasteiger partial charge in [-0.05, 0) is 25.7 Å². The van der Waals surface area contributed by atoms with Crippen LogP contribution in [-0.2, 0) is 9.59 Å². The van der Waals surface area contributed by atoms with Gasteiger partial charge < -0.3 is 10.2 Å². The summed E-state index contributed by atoms with van der Waals surface area (Å²) in [6.45, 7) is 0.559. The van der Waals surface area contributed by atoms with Gasteiger partial charge in [-0.1, -0.05) is 43.4 Å². The molecule has 3 aliphatic rings. The molecule has 136 valence electrons. The highest BCUT2D eigenvalue weighted by Crippen LogP contribution is 2.35. The van der Waals surface area contributed by atoms with Crippen molar-refractivity contribution in [3.63, 3.8) is 0 Å². The molecule has 6 nitrogen and oxygen atoms in total. The maximum Gasteiger partial charge on any atom is 0.231 e. The standard InChI is InChI=1S/C18H26N4O2S/c23-15-10-13(11-22(15)14-8-4-5-9-14)16(24)19-18-21-20-17(25-18)12-6-2-1-3-7-12/h12-14H,1-11H2,(H,19,21,24). The molecular weight excluding hydrogens is 336 g/mol. The summed E-state index contributed by atoms with van der Waals surface area (Å²) < 4.78 is 0. The minimum atomic E-state index is -0.255. The van der Waals surface area contributed by atoms with Gasteiger partial charge in [0.2, 0.25) is 16.9 Å². The lowest BCUT2D eigenvalue weighted by atomic mass is 9.90. The summed E-state index contributed by atoms with van der Waals surface area (Å²) >= 11 is 1.50. The Morgan fingerprint density at radius 3 is 2.52 bits per heavy atom. The molecule has 2 saturated carbocycles. The summed E-state index contributed by atoms with van der Waals surface area (Å²) in [5.74, 6) is 0.297. The van der Waals surface area contributed by atoms with Crippen LogP contribution in [-0.4, -0.2) is 39.5 Å². The van der Waals surface area contributed by atoms with Crippen LogP contribution in [0.1, 0.15) is 75.1 Å². The van der Waals surface area contributed by atoms with Crippen molar-refractivity contribution >= 4 is 28.3 Å². The average molecular weight is 362 g/mol. The van der Waals surface area contributed by atoms with Crippen LogP contribution in [0.5, 0.6) is 0 Å². The quantitative estimate of drug-likeness (QED) is 0.891. The molecule has 1 saturated heterocycles. The first kappa shape index (κ1) is 16.9. The molecule has 1 unspecified atom stereocenters. The highest BCUT2D eigenvalue weighted by Gasteiger charge is 2.38. The van der Waals surface area contributed by atoms with Gasteiger partial charge in [-0.15, -0.1) is 10.2 Å². The smallest absolute Gasteiger partial charge is 0.231 e. The first-order valence-corrected chi connectivity index (χ1v) is 10.5. The lowest BCUT2D eigenvalue weighted by molar-refractivity contribution is -0.129. The van der Waals surface area contributed by atoms with Gasteiger partial charge in [0.15, 0.2) is 0 Å². The zero-order valence-electron chi connectivity index (χ0n) is 14.6. The fourth-order valence-electron chi connectivity index (χ4n) is 4.48. The second kappa shape index (κ2) is 7.40. The SMILES string of the molecule is O=C(Nc1nnc(C2CCCCC2)s1)C1CC(=O)N(C2CCCC2)C1. The number of hydrogen-bond acceptors (Lipinski definition) is 5. The summed E-state index contributed by atoms with van der Waals surface area (Å²) in [7, 11) is 0. The average Bonchev–Trinajstić information content (AvgIpc) is 3.35. The van der Waals surface area contributed by atoms with Crippen LogP contribution in [0.2, 0.25) is 0 Å². The molecule has 1 atom stereocenters. The van der Waals surface area contributed by atoms with E-state index in [0.29, 0.717) is 30.1 Å². The number of anilines is 1. The van der Waals surface area contributed by atoms with E-state index in [1.54, 1.807) is 0 Å². The molecule has 0 radical (unpaired) electrons. The Bertz CT molecular complexity index is 635. The van der Waals surface area contributed by atoms with Crippen LogP contribution < -0.4 is 5.32 Å². The van der Waals surface area contributed by atoms with Crippen LogP contribution >= 0.6 is 11.3 Å². The Morgan fingerprint density at radius 1 is 1.04 bits per heavy atom. The summed E-state index contributed by atoms with van der Waals surface area (Å²) in [5, 5.41) is 13.0. The van der Waals surface area contributed by atoms with E-state index in [-0.39, 0.29) is 17.7 Å². The molecule has 0 bridgehead atoms. The first-order valence-electron chi connectivity index (χ1n) is 9.64. The molecule has 4 rings (SSSR count). The van der Waals surface area contributed by atoms with Crippen molar-refractivity contribution < 1.29 is 9.59 Å². The molecule has 1 aromatic heterocycles. The van der Waals surface area contributed by atoms with Gasteiger partial charge in [-0.3, -0.25) is 9.59 Å². The molecule has 0 spiro atoms. The van der Waals surface area contributed by atoms with Crippen LogP contribution in [0.4, 0.5) is 5.13 Å². The second-order valence-corrected chi connectivity index (χ2v) is 8.66. The van der Waals surface area contributed by atoms with Crippen molar-refractivity contribution in [1.29, 1.82) is 0 Å². The van der Waals surface area contributed by atoms with E-state index in [4.69, 9.17) is 0 Å². The van der Waals surface area contributed by atoms with Crippen molar-refractivity contribution in [2.45, 2.75) is 76.2 Å². The third-order valence-electron chi connectivity index (χ3n) is 5.92. The number of carbonyl (C=O) groups is 2. The van der Waals surface area contributed by atoms with E-state index in [1.165, 1.54) is 56.3 Å². The Hall–Kier alpha value is -1.50. The van der Waals surface area contributed by atoms with E-state index in [2.05, 4.69) is 15.5 Å². The maximum absolute atomic E-state index is 12.6. The molecule has 1 aromatic rings. The molecule has 2 amide bonds. The summed E-state index contributed by atoms with van der Waals surface area (Å²) in [4.78, 5) is 26.8. The Morgan fingerprint density at radius 2 is 1.76 bits per heavy atom. The molecule has 2 aliphatic carbocycles. The minimum Gasteiger partial charge on any atom is -0.339 e. The molecule has 1 aliphatic heterocycles. The molecule has 0 aromatic carbocycles. The number of likely N-dealkylation sites (tertiary alicyclic amines) is 1. The lowest BCUT2D eigenvalue weighted by Gasteiger charge is -2.23. The zero-order valence-corrected chi connectivity index (χ0v) is 15.4. The van der Waals surface area contributed by atoms with E-state index in [9.17, 15) is 9.59 Å². The second-order valence-electron chi connectivity index (χ2n) is 7.66. The largest absolute Gasteiger partial charge is 0.339 e. The van der Waals surface area contributed by atoms with Crippen molar-refractivity contribution in [2.24, 2.45) is 5.92 Å². The number of aromatic nitrogens is 2. The van der Waals surface area contributed by atoms with E-state index >= 15 is 0 Å². The fourth-order valence-corrected chi connectivity index (χ4v) is 5.40. The van der Waals surface area contributed by atoms with Crippen molar-refractivity contribution in [1.82, 2.24) is 15.1 Å². The van der Waals surface area contributed by atoms with Gasteiger partial charge in [0.05, 0.1) is 5.92 Å². The van der Waals surface area contributed by atoms with E-state index < -0.39 is 0 Å². The number of nitrogens with one attached hydrogen (secondary N) is 1. The van der Waals surface area contributed by atoms with Crippen LogP contribution in [0.3, 0.4) is 0 Å². The van der Waals surface area contributed by atoms with E-state index in [0.717, 1.165) is 17.8 Å². The van der Waals surface area contributed by atoms with Crippen molar-refractivity contribution in [3.05, 3.63) is 5.01 Å². The topological polar surface area (TPSA) is 75.2 Å². The number of carbonyl (C=O) groups excluding carboxylic acids is 2. The number of hydrogen-bond donors (Lipinski definition) is 1. The van der Waals surface area contributed by atoms with Gasteiger partial charge in [0, 0.05) is 24.9 Å². The molecule has 1 N–H and O–H groups in total. The number of nitrogens with zero attached hydrogens (tertiary/aromatic N) is 3. The van der Waals surface area contributed by atoms with Crippen molar-refractivity contribution in [2.75, 3.05) is 11.9 Å². The first-order chi connectivity index (χ1) is 12.2. The molecule has 7 heteroatoms. The predicted molar refractivity (Wildman–Crippen MR) is 96.4 cm³/mol. The van der Waals surface area contributed by atoms with Crippen molar-refractivity contribution in [3.8, 4) is 0 Å². The third kappa shape index (κ3) is 3.71. The Kier molecular flexibility index (Phi) is 5.01. The Balaban J connectivity index is 1.34. The highest BCUT2D eigenvalue weighted by molar-refractivity contribution is 7.15. The van der Waals surface area contributed by atoms with Gasteiger partial charge in [-0.2, -0.15) is 0 Å². The van der Waals surface area contributed by atoms with Gasteiger partial charge >= 0.3 is 0 Å². The fraction of sp³-hybridized carbons (Fsp3) is 0.778. The third-order valence-corrected chi connectivity index (χ3v) is 6.92. The highest BCUT2D eigenvalue weighted by atomic mass is 32.1. The normalized spacial score (nSPS) is 25.7. The number of rotatable bonds is 4. The predicted octanol–water partition coefficient (Wildman–Crippen LogP) is 3.32. The lowest BCUT2D eigenvalue weighted by Crippen LogP contribution is -2.35. The van der Waals surface area contributed by atoms with E-state index in [1.807, 2.05) is 4.90 Å². The molecule has 25 heavy (non-hydrogen) atoms. The summed E-state index contributed by atoms with van der Waals surface area (Å²) in [6, 6.07) is 0.352. The van der Waals surface area contributed by atoms with Gasteiger partial charge in [-0.25, -0.2) is 0 Å². The van der Waals surface area contributed by atoms with Gasteiger partial charge in [0.1, 0.15) is 5.01 Å². The monoisotopic (exact) mass is 362 g/mol. The number of amides is 2. The molecule has 3 fully saturated rings. The minimum absolute atomic E-state index is 0.0832. The van der Waals surface area contributed by atoms with Crippen LogP contribution in [0.25, 0.3) is 0 Å². The molecular formula is C18H26N4O2S.